The molecule has 2 aromatic rings. The Bertz CT molecular complexity index is 1070. The van der Waals surface area contributed by atoms with Crippen LogP contribution in [0, 0.1) is 0 Å². The zero-order valence-corrected chi connectivity index (χ0v) is 19.1. The van der Waals surface area contributed by atoms with Crippen LogP contribution >= 0.6 is 58.0 Å². The smallest absolute Gasteiger partial charge is 0.308 e. The summed E-state index contributed by atoms with van der Waals surface area (Å²) >= 11 is 29.9. The van der Waals surface area contributed by atoms with Gasteiger partial charge in [-0.1, -0.05) is 70.1 Å². The molecule has 3 rings (SSSR count). The van der Waals surface area contributed by atoms with Gasteiger partial charge < -0.3 is 10.1 Å². The highest BCUT2D eigenvalue weighted by molar-refractivity contribution is 6.55. The van der Waals surface area contributed by atoms with Crippen LogP contribution in [0.15, 0.2) is 24.3 Å². The molecule has 1 aliphatic rings. The van der Waals surface area contributed by atoms with Crippen molar-refractivity contribution in [1.29, 1.82) is 0 Å². The van der Waals surface area contributed by atoms with Crippen molar-refractivity contribution >= 4 is 87.4 Å². The molecule has 7 nitrogen and oxygen atoms in total. The van der Waals surface area contributed by atoms with E-state index in [9.17, 15) is 19.2 Å². The SMILES string of the molecule is O=C(COC(=O)CCN1C(=O)c2c(Cl)c(Cl)c(Cl)c(Cl)c2C1=O)Nc1ccccc1Cl. The van der Waals surface area contributed by atoms with Crippen molar-refractivity contribution in [3.8, 4) is 0 Å². The van der Waals surface area contributed by atoms with E-state index in [2.05, 4.69) is 5.32 Å². The van der Waals surface area contributed by atoms with Gasteiger partial charge in [0, 0.05) is 6.54 Å². The number of nitrogens with one attached hydrogen (secondary N) is 1. The molecule has 0 spiro atoms. The van der Waals surface area contributed by atoms with Crippen LogP contribution in [0.4, 0.5) is 5.69 Å². The van der Waals surface area contributed by atoms with Crippen LogP contribution in [0.3, 0.4) is 0 Å². The second kappa shape index (κ2) is 9.63. The van der Waals surface area contributed by atoms with Crippen LogP contribution in [-0.2, 0) is 14.3 Å². The van der Waals surface area contributed by atoms with Gasteiger partial charge >= 0.3 is 5.97 Å². The molecule has 0 aliphatic carbocycles. The number of para-hydroxylation sites is 1. The van der Waals surface area contributed by atoms with Gasteiger partial charge in [0.25, 0.3) is 17.7 Å². The maximum atomic E-state index is 12.6. The molecule has 1 aliphatic heterocycles. The predicted molar refractivity (Wildman–Crippen MR) is 118 cm³/mol. The molecular weight excluding hydrogens is 513 g/mol. The van der Waals surface area contributed by atoms with E-state index in [-0.39, 0.29) is 44.2 Å². The minimum absolute atomic E-state index is 0.154. The fourth-order valence-corrected chi connectivity index (χ4v) is 3.97. The van der Waals surface area contributed by atoms with Crippen LogP contribution in [0.1, 0.15) is 27.1 Å². The number of benzene rings is 2. The topological polar surface area (TPSA) is 92.8 Å². The van der Waals surface area contributed by atoms with Crippen molar-refractivity contribution in [2.24, 2.45) is 0 Å². The van der Waals surface area contributed by atoms with Crippen molar-refractivity contribution in [3.05, 3.63) is 60.5 Å². The summed E-state index contributed by atoms with van der Waals surface area (Å²) in [5.41, 5.74) is -0.000535. The molecule has 0 bridgehead atoms. The number of hydrogen-bond acceptors (Lipinski definition) is 5. The molecule has 0 radical (unpaired) electrons. The maximum Gasteiger partial charge on any atom is 0.308 e. The summed E-state index contributed by atoms with van der Waals surface area (Å²) in [6.07, 6.45) is -0.360. The Morgan fingerprint density at radius 3 is 1.97 bits per heavy atom. The van der Waals surface area contributed by atoms with E-state index in [0.29, 0.717) is 10.7 Å². The first-order chi connectivity index (χ1) is 14.6. The van der Waals surface area contributed by atoms with Crippen molar-refractivity contribution in [1.82, 2.24) is 4.90 Å². The number of amides is 3. The van der Waals surface area contributed by atoms with Gasteiger partial charge in [0.2, 0.25) is 0 Å². The molecule has 3 amide bonds. The Morgan fingerprint density at radius 1 is 0.871 bits per heavy atom. The minimum atomic E-state index is -0.806. The molecule has 1 N–H and O–H groups in total. The summed E-state index contributed by atoms with van der Waals surface area (Å²) in [7, 11) is 0. The van der Waals surface area contributed by atoms with E-state index in [0.717, 1.165) is 4.90 Å². The third kappa shape index (κ3) is 4.76. The minimum Gasteiger partial charge on any atom is -0.456 e. The molecule has 1 heterocycles. The van der Waals surface area contributed by atoms with Gasteiger partial charge in [0.15, 0.2) is 6.61 Å². The zero-order chi connectivity index (χ0) is 22.9. The Morgan fingerprint density at radius 2 is 1.42 bits per heavy atom. The summed E-state index contributed by atoms with van der Waals surface area (Å²) in [6.45, 7) is -0.895. The number of hydrogen-bond donors (Lipinski definition) is 1. The van der Waals surface area contributed by atoms with Gasteiger partial charge in [-0.15, -0.1) is 0 Å². The highest BCUT2D eigenvalue weighted by Crippen LogP contribution is 2.44. The number of anilines is 1. The standard InChI is InChI=1S/C19H11Cl5N2O5/c20-8-3-1-2-4-9(8)25-10(27)7-31-11(28)5-6-26-18(29)12-13(19(26)30)15(22)17(24)16(23)14(12)21/h1-4H,5-7H2,(H,25,27). The second-order valence-corrected chi connectivity index (χ2v) is 8.13. The third-order valence-corrected chi connectivity index (χ3v) is 6.37. The molecule has 162 valence electrons. The number of esters is 1. The molecule has 2 aromatic carbocycles. The lowest BCUT2D eigenvalue weighted by molar-refractivity contribution is -0.147. The number of halogens is 5. The highest BCUT2D eigenvalue weighted by atomic mass is 35.5. The molecule has 0 unspecified atom stereocenters. The monoisotopic (exact) mass is 522 g/mol. The number of carbonyl (C=O) groups excluding carboxylic acids is 4. The van der Waals surface area contributed by atoms with Gasteiger partial charge in [0.1, 0.15) is 0 Å². The molecule has 31 heavy (non-hydrogen) atoms. The van der Waals surface area contributed by atoms with E-state index in [4.69, 9.17) is 62.7 Å². The fraction of sp³-hybridized carbons (Fsp3) is 0.158. The van der Waals surface area contributed by atoms with Crippen molar-refractivity contribution < 1.29 is 23.9 Å². The molecule has 0 saturated heterocycles. The van der Waals surface area contributed by atoms with E-state index in [1.54, 1.807) is 24.3 Å². The van der Waals surface area contributed by atoms with Crippen LogP contribution in [0.5, 0.6) is 0 Å². The largest absolute Gasteiger partial charge is 0.456 e. The second-order valence-electron chi connectivity index (χ2n) is 6.21. The highest BCUT2D eigenvalue weighted by Gasteiger charge is 2.41. The van der Waals surface area contributed by atoms with Gasteiger partial charge in [-0.25, -0.2) is 0 Å². The fourth-order valence-electron chi connectivity index (χ4n) is 2.77. The molecule has 0 aromatic heterocycles. The van der Waals surface area contributed by atoms with Crippen molar-refractivity contribution in [2.45, 2.75) is 6.42 Å². The van der Waals surface area contributed by atoms with Gasteiger partial charge in [0.05, 0.1) is 48.3 Å². The quantitative estimate of drug-likeness (QED) is 0.245. The summed E-state index contributed by atoms with van der Waals surface area (Å²) in [5, 5.41) is 2.10. The number of carbonyl (C=O) groups is 4. The molecule has 12 heteroatoms. The first-order valence-corrected chi connectivity index (χ1v) is 10.4. The van der Waals surface area contributed by atoms with Crippen LogP contribution in [0.2, 0.25) is 25.1 Å². The van der Waals surface area contributed by atoms with Crippen molar-refractivity contribution in [2.75, 3.05) is 18.5 Å². The van der Waals surface area contributed by atoms with Crippen molar-refractivity contribution in [3.63, 3.8) is 0 Å². The number of rotatable bonds is 6. The molecular formula is C19H11Cl5N2O5. The number of nitrogens with zero attached hydrogens (tertiary/aromatic N) is 1. The van der Waals surface area contributed by atoms with E-state index in [1.807, 2.05) is 0 Å². The van der Waals surface area contributed by atoms with E-state index < -0.39 is 30.3 Å². The zero-order valence-electron chi connectivity index (χ0n) is 15.3. The lowest BCUT2D eigenvalue weighted by atomic mass is 10.1. The van der Waals surface area contributed by atoms with Gasteiger partial charge in [-0.05, 0) is 12.1 Å². The average molecular weight is 525 g/mol. The van der Waals surface area contributed by atoms with Crippen LogP contribution in [0.25, 0.3) is 0 Å². The summed E-state index contributed by atoms with van der Waals surface area (Å²) < 4.78 is 4.87. The normalized spacial score (nSPS) is 12.7. The Balaban J connectivity index is 1.58. The molecule has 0 saturated carbocycles. The number of imide groups is 1. The average Bonchev–Trinajstić information content (AvgIpc) is 2.99. The summed E-state index contributed by atoms with van der Waals surface area (Å²) in [6, 6.07) is 6.54. The van der Waals surface area contributed by atoms with Crippen LogP contribution in [-0.4, -0.2) is 41.7 Å². The van der Waals surface area contributed by atoms with Crippen LogP contribution < -0.4 is 5.32 Å². The Hall–Kier alpha value is -2.03. The lowest BCUT2D eigenvalue weighted by Crippen LogP contribution is -2.32. The van der Waals surface area contributed by atoms with Gasteiger partial charge in [-0.3, -0.25) is 24.1 Å². The lowest BCUT2D eigenvalue weighted by Gasteiger charge is -2.13. The molecule has 0 atom stereocenters. The Labute approximate surface area is 201 Å². The third-order valence-electron chi connectivity index (χ3n) is 4.24. The first-order valence-electron chi connectivity index (χ1n) is 8.55. The molecule has 0 fully saturated rings. The van der Waals surface area contributed by atoms with E-state index >= 15 is 0 Å². The van der Waals surface area contributed by atoms with Gasteiger partial charge in [-0.2, -0.15) is 0 Å². The van der Waals surface area contributed by atoms with E-state index in [1.165, 1.54) is 0 Å². The predicted octanol–water partition coefficient (Wildman–Crippen LogP) is 5.12. The number of ether oxygens (including phenoxy) is 1. The number of fused-ring (bicyclic) bond motifs is 1. The first kappa shape index (κ1) is 23.6. The summed E-state index contributed by atoms with van der Waals surface area (Å²) in [4.78, 5) is 49.8. The summed E-state index contributed by atoms with van der Waals surface area (Å²) in [5.74, 6) is -2.95. The maximum absolute atomic E-state index is 12.6. The Kier molecular flexibility index (Phi) is 7.34.